The van der Waals surface area contributed by atoms with Gasteiger partial charge >= 0.3 is 0 Å². The third kappa shape index (κ3) is 2.60. The molecule has 2 rings (SSSR count). The van der Waals surface area contributed by atoms with Gasteiger partial charge in [-0.25, -0.2) is 13.4 Å². The third-order valence-electron chi connectivity index (χ3n) is 1.87. The van der Waals surface area contributed by atoms with Crippen molar-refractivity contribution in [3.8, 4) is 11.5 Å². The summed E-state index contributed by atoms with van der Waals surface area (Å²) in [5.41, 5.74) is 1.22. The summed E-state index contributed by atoms with van der Waals surface area (Å²) in [7, 11) is -3.29. The number of hydrogen-bond acceptors (Lipinski definition) is 5. The smallest absolute Gasteiger partial charge is 0.212 e. The van der Waals surface area contributed by atoms with Crippen LogP contribution in [-0.2, 0) is 9.84 Å². The van der Waals surface area contributed by atoms with Gasteiger partial charge in [-0.15, -0.1) is 0 Å². The van der Waals surface area contributed by atoms with Crippen molar-refractivity contribution in [3.63, 3.8) is 0 Å². The Labute approximate surface area is 92.6 Å². The second-order valence-corrected chi connectivity index (χ2v) is 4.84. The van der Waals surface area contributed by atoms with Crippen molar-refractivity contribution >= 4 is 15.4 Å². The zero-order chi connectivity index (χ0) is 11.6. The van der Waals surface area contributed by atoms with E-state index in [1.165, 1.54) is 12.1 Å². The van der Waals surface area contributed by atoms with Crippen molar-refractivity contribution in [2.45, 2.75) is 0 Å². The van der Waals surface area contributed by atoms with Crippen LogP contribution in [0.25, 0.3) is 0 Å². The Balaban J connectivity index is 2.02. The molecule has 1 aliphatic rings. The van der Waals surface area contributed by atoms with E-state index in [2.05, 4.69) is 4.99 Å². The van der Waals surface area contributed by atoms with Crippen LogP contribution in [0.1, 0.15) is 0 Å². The number of sulfone groups is 1. The highest BCUT2D eigenvalue weighted by Crippen LogP contribution is 2.19. The van der Waals surface area contributed by atoms with E-state index in [1.54, 1.807) is 12.1 Å². The molecular formula is C10H9NO4S. The number of rotatable bonds is 3. The molecule has 1 N–H and O–H groups in total. The van der Waals surface area contributed by atoms with Crippen LogP contribution in [-0.4, -0.2) is 25.7 Å². The maximum Gasteiger partial charge on any atom is 0.212 e. The van der Waals surface area contributed by atoms with Gasteiger partial charge in [0.05, 0.1) is 11.1 Å². The van der Waals surface area contributed by atoms with Crippen LogP contribution in [0.4, 0.5) is 0 Å². The van der Waals surface area contributed by atoms with Crippen LogP contribution in [0.5, 0.6) is 11.5 Å². The Morgan fingerprint density at radius 3 is 2.81 bits per heavy atom. The molecule has 1 aromatic rings. The molecule has 0 fully saturated rings. The van der Waals surface area contributed by atoms with E-state index >= 15 is 0 Å². The molecule has 1 aromatic carbocycles. The minimum absolute atomic E-state index is 0.0547. The summed E-state index contributed by atoms with van der Waals surface area (Å²) in [5, 5.41) is 10.2. The molecule has 0 aromatic heterocycles. The fourth-order valence-electron chi connectivity index (χ4n) is 1.19. The number of nitrogens with zero attached hydrogens (tertiary/aromatic N) is 1. The van der Waals surface area contributed by atoms with E-state index in [-0.39, 0.29) is 12.4 Å². The standard InChI is InChI=1S/C10H9NO4S/c12-9-2-1-3-10(4-9)15-5-8-6-16(13,14)7-11-8/h1-4,6-7,12H,5H2. The lowest BCUT2D eigenvalue weighted by Gasteiger charge is -2.04. The molecule has 0 unspecified atom stereocenters. The zero-order valence-corrected chi connectivity index (χ0v) is 9.02. The van der Waals surface area contributed by atoms with Crippen LogP contribution < -0.4 is 4.74 Å². The molecule has 0 atom stereocenters. The molecule has 16 heavy (non-hydrogen) atoms. The largest absolute Gasteiger partial charge is 0.508 e. The average Bonchev–Trinajstić information content (AvgIpc) is 2.56. The Morgan fingerprint density at radius 1 is 1.38 bits per heavy atom. The number of aromatic hydroxyl groups is 1. The summed E-state index contributed by atoms with van der Waals surface area (Å²) in [6.07, 6.45) is 0. The van der Waals surface area contributed by atoms with Crippen molar-refractivity contribution in [2.24, 2.45) is 4.99 Å². The quantitative estimate of drug-likeness (QED) is 0.856. The molecule has 84 valence electrons. The fraction of sp³-hybridized carbons (Fsp3) is 0.100. The van der Waals surface area contributed by atoms with E-state index in [1.807, 2.05) is 0 Å². The molecule has 0 saturated heterocycles. The van der Waals surface area contributed by atoms with Gasteiger partial charge in [-0.3, -0.25) is 0 Å². The second-order valence-electron chi connectivity index (χ2n) is 3.22. The van der Waals surface area contributed by atoms with Gasteiger partial charge < -0.3 is 9.84 Å². The first kappa shape index (κ1) is 10.7. The average molecular weight is 239 g/mol. The highest BCUT2D eigenvalue weighted by molar-refractivity contribution is 8.07. The Morgan fingerprint density at radius 2 is 2.19 bits per heavy atom. The van der Waals surface area contributed by atoms with E-state index in [4.69, 9.17) is 9.84 Å². The van der Waals surface area contributed by atoms with E-state index < -0.39 is 9.84 Å². The summed E-state index contributed by atoms with van der Waals surface area (Å²) in [6.45, 7) is 0.0547. The Kier molecular flexibility index (Phi) is 2.66. The van der Waals surface area contributed by atoms with Gasteiger partial charge in [0, 0.05) is 6.07 Å². The normalized spacial score (nSPS) is 17.1. The van der Waals surface area contributed by atoms with Crippen molar-refractivity contribution in [3.05, 3.63) is 35.4 Å². The molecule has 0 bridgehead atoms. The minimum Gasteiger partial charge on any atom is -0.508 e. The number of phenols is 1. The summed E-state index contributed by atoms with van der Waals surface area (Å²) >= 11 is 0. The number of ether oxygens (including phenoxy) is 1. The third-order valence-corrected chi connectivity index (χ3v) is 2.87. The minimum atomic E-state index is -3.29. The molecule has 5 nitrogen and oxygen atoms in total. The summed E-state index contributed by atoms with van der Waals surface area (Å²) in [4.78, 5) is 3.69. The lowest BCUT2D eigenvalue weighted by molar-refractivity contribution is 0.348. The van der Waals surface area contributed by atoms with E-state index in [0.29, 0.717) is 11.4 Å². The molecule has 0 aliphatic carbocycles. The Bertz CT molecular complexity index is 560. The molecule has 0 spiro atoms. The van der Waals surface area contributed by atoms with Gasteiger partial charge in [-0.2, -0.15) is 0 Å². The summed E-state index contributed by atoms with van der Waals surface area (Å²) < 4.78 is 27.2. The van der Waals surface area contributed by atoms with Gasteiger partial charge in [-0.1, -0.05) is 6.07 Å². The van der Waals surface area contributed by atoms with Crippen LogP contribution in [0, 0.1) is 0 Å². The predicted molar refractivity (Wildman–Crippen MR) is 59.1 cm³/mol. The molecule has 0 saturated carbocycles. The number of hydrogen-bond donors (Lipinski definition) is 1. The van der Waals surface area contributed by atoms with E-state index in [9.17, 15) is 8.42 Å². The van der Waals surface area contributed by atoms with Gasteiger partial charge in [0.1, 0.15) is 23.7 Å². The van der Waals surface area contributed by atoms with Crippen molar-refractivity contribution in [2.75, 3.05) is 6.61 Å². The predicted octanol–water partition coefficient (Wildman–Crippen LogP) is 1.07. The highest BCUT2D eigenvalue weighted by Gasteiger charge is 2.13. The number of phenolic OH excluding ortho intramolecular Hbond substituents is 1. The Hall–Kier alpha value is -1.82. The summed E-state index contributed by atoms with van der Waals surface area (Å²) in [6, 6.07) is 6.25. The topological polar surface area (TPSA) is 76.0 Å². The van der Waals surface area contributed by atoms with E-state index in [0.717, 1.165) is 11.0 Å². The van der Waals surface area contributed by atoms with Crippen LogP contribution >= 0.6 is 0 Å². The molecule has 1 aliphatic heterocycles. The van der Waals surface area contributed by atoms with Crippen molar-refractivity contribution in [1.82, 2.24) is 0 Å². The molecule has 0 radical (unpaired) electrons. The number of benzene rings is 1. The maximum absolute atomic E-state index is 11.0. The first-order chi connectivity index (χ1) is 7.55. The summed E-state index contributed by atoms with van der Waals surface area (Å²) in [5.74, 6) is 0.550. The lowest BCUT2D eigenvalue weighted by atomic mass is 10.3. The van der Waals surface area contributed by atoms with Crippen LogP contribution in [0.3, 0.4) is 0 Å². The van der Waals surface area contributed by atoms with Crippen molar-refractivity contribution in [1.29, 1.82) is 0 Å². The molecule has 1 heterocycles. The van der Waals surface area contributed by atoms with Gasteiger partial charge in [-0.05, 0) is 12.1 Å². The van der Waals surface area contributed by atoms with Crippen LogP contribution in [0.2, 0.25) is 0 Å². The maximum atomic E-state index is 11.0. The second kappa shape index (κ2) is 3.97. The SMILES string of the molecule is O=S1(=O)C=NC(COc2cccc(O)c2)=C1. The van der Waals surface area contributed by atoms with Gasteiger partial charge in [0.15, 0.2) is 0 Å². The lowest BCUT2D eigenvalue weighted by Crippen LogP contribution is -1.98. The number of aliphatic imine (C=N–C) groups is 1. The van der Waals surface area contributed by atoms with Gasteiger partial charge in [0.25, 0.3) is 0 Å². The fourth-order valence-corrected chi connectivity index (χ4v) is 2.04. The van der Waals surface area contributed by atoms with Crippen molar-refractivity contribution < 1.29 is 18.3 Å². The first-order valence-corrected chi connectivity index (χ1v) is 6.08. The van der Waals surface area contributed by atoms with Crippen LogP contribution in [0.15, 0.2) is 40.4 Å². The molecule has 0 amide bonds. The molecular weight excluding hydrogens is 230 g/mol. The highest BCUT2D eigenvalue weighted by atomic mass is 32.2. The zero-order valence-electron chi connectivity index (χ0n) is 8.20. The first-order valence-electron chi connectivity index (χ1n) is 4.47. The monoisotopic (exact) mass is 239 g/mol. The molecule has 6 heteroatoms. The van der Waals surface area contributed by atoms with Gasteiger partial charge in [0.2, 0.25) is 9.84 Å².